The van der Waals surface area contributed by atoms with Gasteiger partial charge in [-0.2, -0.15) is 0 Å². The van der Waals surface area contributed by atoms with Gasteiger partial charge in [-0.1, -0.05) is 0 Å². The molecule has 3 nitrogen and oxygen atoms in total. The lowest BCUT2D eigenvalue weighted by Crippen LogP contribution is -2.16. The second-order valence-corrected chi connectivity index (χ2v) is 1.04. The molecule has 0 fully saturated rings. The zero-order valence-electron chi connectivity index (χ0n) is 3.63. The van der Waals surface area contributed by atoms with Crippen molar-refractivity contribution in [3.8, 4) is 0 Å². The Labute approximate surface area is 41.0 Å². The molecule has 0 aromatic rings. The Morgan fingerprint density at radius 1 is 1.86 bits per heavy atom. The molecule has 0 aliphatic rings. The van der Waals surface area contributed by atoms with Crippen molar-refractivity contribution in [2.45, 2.75) is 6.10 Å². The highest BCUT2D eigenvalue weighted by molar-refractivity contribution is 6.27. The highest BCUT2D eigenvalue weighted by atomic mass is 16.3. The summed E-state index contributed by atoms with van der Waals surface area (Å²) in [6.07, 6.45) is -1.35. The molecular weight excluding hydrogens is 96.0 g/mol. The normalized spacial score (nSPS) is 12.9. The fraction of sp³-hybridized carbons (Fsp3) is 0.250. The standard InChI is InChI=1S/C4H5O3/c1-3(6)4(7)2-5/h2-3,6H,1H2. The first-order chi connectivity index (χ1) is 3.18. The molecule has 0 aromatic heterocycles. The van der Waals surface area contributed by atoms with Crippen molar-refractivity contribution in [1.82, 2.24) is 0 Å². The van der Waals surface area contributed by atoms with Crippen LogP contribution in [-0.4, -0.2) is 23.3 Å². The summed E-state index contributed by atoms with van der Waals surface area (Å²) in [5.74, 6) is -0.889. The molecule has 0 aromatic carbocycles. The lowest BCUT2D eigenvalue weighted by Gasteiger charge is -1.89. The van der Waals surface area contributed by atoms with Crippen LogP contribution in [0, 0.1) is 6.92 Å². The van der Waals surface area contributed by atoms with E-state index in [-0.39, 0.29) is 6.29 Å². The summed E-state index contributed by atoms with van der Waals surface area (Å²) >= 11 is 0. The molecule has 1 atom stereocenters. The maximum absolute atomic E-state index is 9.83. The van der Waals surface area contributed by atoms with Crippen molar-refractivity contribution in [3.05, 3.63) is 6.92 Å². The van der Waals surface area contributed by atoms with Crippen LogP contribution in [0.25, 0.3) is 0 Å². The van der Waals surface area contributed by atoms with Crippen molar-refractivity contribution in [3.63, 3.8) is 0 Å². The summed E-state index contributed by atoms with van der Waals surface area (Å²) in [6, 6.07) is 0. The van der Waals surface area contributed by atoms with Crippen LogP contribution in [0.4, 0.5) is 0 Å². The van der Waals surface area contributed by atoms with E-state index in [4.69, 9.17) is 5.11 Å². The van der Waals surface area contributed by atoms with Crippen LogP contribution >= 0.6 is 0 Å². The van der Waals surface area contributed by atoms with Crippen molar-refractivity contribution in [1.29, 1.82) is 0 Å². The predicted octanol–water partition coefficient (Wildman–Crippen LogP) is -1.05. The largest absolute Gasteiger partial charge is 0.385 e. The van der Waals surface area contributed by atoms with E-state index in [0.717, 1.165) is 0 Å². The van der Waals surface area contributed by atoms with E-state index in [9.17, 15) is 9.59 Å². The first-order valence-electron chi connectivity index (χ1n) is 1.68. The van der Waals surface area contributed by atoms with Gasteiger partial charge in [-0.25, -0.2) is 0 Å². The summed E-state index contributed by atoms with van der Waals surface area (Å²) in [7, 11) is 0. The van der Waals surface area contributed by atoms with E-state index < -0.39 is 11.9 Å². The Bertz CT molecular complexity index is 84.9. The average Bonchev–Trinajstić information content (AvgIpc) is 1.65. The van der Waals surface area contributed by atoms with Gasteiger partial charge in [0, 0.05) is 0 Å². The molecule has 1 radical (unpaired) electrons. The van der Waals surface area contributed by atoms with Gasteiger partial charge >= 0.3 is 0 Å². The first kappa shape index (κ1) is 6.30. The fourth-order valence-electron chi connectivity index (χ4n) is 0.0785. The maximum atomic E-state index is 9.83. The van der Waals surface area contributed by atoms with E-state index in [2.05, 4.69) is 6.92 Å². The highest BCUT2D eigenvalue weighted by Crippen LogP contribution is 1.74. The van der Waals surface area contributed by atoms with Crippen molar-refractivity contribution in [2.24, 2.45) is 0 Å². The maximum Gasteiger partial charge on any atom is 0.223 e. The second-order valence-electron chi connectivity index (χ2n) is 1.04. The van der Waals surface area contributed by atoms with Crippen molar-refractivity contribution >= 4 is 12.1 Å². The van der Waals surface area contributed by atoms with Gasteiger partial charge in [0.15, 0.2) is 6.29 Å². The summed E-state index contributed by atoms with van der Waals surface area (Å²) in [4.78, 5) is 19.2. The molecule has 0 heterocycles. The molecule has 39 valence electrons. The van der Waals surface area contributed by atoms with Crippen LogP contribution in [0.2, 0.25) is 0 Å². The predicted molar refractivity (Wildman–Crippen MR) is 22.4 cm³/mol. The number of hydrogen-bond donors (Lipinski definition) is 1. The average molecular weight is 101 g/mol. The van der Waals surface area contributed by atoms with E-state index >= 15 is 0 Å². The molecule has 0 spiro atoms. The minimum absolute atomic E-state index is 0.0394. The zero-order chi connectivity index (χ0) is 5.86. The molecule has 0 aliphatic carbocycles. The van der Waals surface area contributed by atoms with Crippen LogP contribution in [-0.2, 0) is 9.59 Å². The number of carbonyl (C=O) groups is 2. The molecule has 0 aliphatic heterocycles. The van der Waals surface area contributed by atoms with Crippen molar-refractivity contribution < 1.29 is 14.7 Å². The third-order valence-corrected chi connectivity index (χ3v) is 0.445. The lowest BCUT2D eigenvalue weighted by atomic mass is 10.3. The van der Waals surface area contributed by atoms with Crippen LogP contribution in [0.3, 0.4) is 0 Å². The van der Waals surface area contributed by atoms with E-state index in [1.54, 1.807) is 0 Å². The molecule has 0 rings (SSSR count). The van der Waals surface area contributed by atoms with E-state index in [0.29, 0.717) is 0 Å². The van der Waals surface area contributed by atoms with Gasteiger partial charge in [0.1, 0.15) is 6.10 Å². The minimum Gasteiger partial charge on any atom is -0.385 e. The second kappa shape index (κ2) is 2.47. The Morgan fingerprint density at radius 3 is 2.29 bits per heavy atom. The van der Waals surface area contributed by atoms with Crippen LogP contribution in [0.1, 0.15) is 0 Å². The number of carbonyl (C=O) groups excluding carboxylic acids is 2. The third-order valence-electron chi connectivity index (χ3n) is 0.445. The molecule has 0 amide bonds. The zero-order valence-corrected chi connectivity index (χ0v) is 3.63. The van der Waals surface area contributed by atoms with Gasteiger partial charge in [0.2, 0.25) is 5.78 Å². The smallest absolute Gasteiger partial charge is 0.223 e. The molecule has 0 saturated carbocycles. The Kier molecular flexibility index (Phi) is 2.22. The van der Waals surface area contributed by atoms with Crippen molar-refractivity contribution in [2.75, 3.05) is 0 Å². The fourth-order valence-corrected chi connectivity index (χ4v) is 0.0785. The highest BCUT2D eigenvalue weighted by Gasteiger charge is 2.04. The molecular formula is C4H5O3. The quantitative estimate of drug-likeness (QED) is 0.356. The topological polar surface area (TPSA) is 54.4 Å². The Balaban J connectivity index is 3.56. The summed E-state index contributed by atoms with van der Waals surface area (Å²) in [6.45, 7) is 2.88. The van der Waals surface area contributed by atoms with Gasteiger partial charge in [0.25, 0.3) is 0 Å². The number of aldehydes is 1. The number of ketones is 1. The molecule has 1 unspecified atom stereocenters. The van der Waals surface area contributed by atoms with Crippen LogP contribution in [0.5, 0.6) is 0 Å². The first-order valence-corrected chi connectivity index (χ1v) is 1.68. The van der Waals surface area contributed by atoms with Crippen LogP contribution < -0.4 is 0 Å². The van der Waals surface area contributed by atoms with Crippen LogP contribution in [0.15, 0.2) is 0 Å². The summed E-state index contributed by atoms with van der Waals surface area (Å²) in [5.41, 5.74) is 0. The summed E-state index contributed by atoms with van der Waals surface area (Å²) in [5, 5.41) is 8.13. The Hall–Kier alpha value is -0.700. The summed E-state index contributed by atoms with van der Waals surface area (Å²) < 4.78 is 0. The van der Waals surface area contributed by atoms with Gasteiger partial charge in [0.05, 0.1) is 0 Å². The van der Waals surface area contributed by atoms with E-state index in [1.165, 1.54) is 0 Å². The van der Waals surface area contributed by atoms with Gasteiger partial charge < -0.3 is 5.11 Å². The van der Waals surface area contributed by atoms with Gasteiger partial charge in [-0.3, -0.25) is 9.59 Å². The number of rotatable bonds is 2. The Morgan fingerprint density at radius 2 is 2.29 bits per heavy atom. The van der Waals surface area contributed by atoms with Gasteiger partial charge in [-0.15, -0.1) is 0 Å². The minimum atomic E-state index is -1.39. The monoisotopic (exact) mass is 101 g/mol. The molecule has 3 heteroatoms. The number of hydrogen-bond acceptors (Lipinski definition) is 3. The number of aliphatic hydroxyl groups is 1. The molecule has 0 bridgehead atoms. The molecule has 7 heavy (non-hydrogen) atoms. The van der Waals surface area contributed by atoms with E-state index in [1.807, 2.05) is 0 Å². The number of Topliss-reactive ketones (excluding diaryl/α,β-unsaturated/α-hetero) is 1. The molecule has 0 saturated heterocycles. The SMILES string of the molecule is [CH2]C(O)C(=O)C=O. The molecule has 1 N–H and O–H groups in total. The van der Waals surface area contributed by atoms with Gasteiger partial charge in [-0.05, 0) is 6.92 Å². The number of aliphatic hydroxyl groups excluding tert-OH is 1. The lowest BCUT2D eigenvalue weighted by molar-refractivity contribution is -0.134. The third kappa shape index (κ3) is 2.05.